The average molecular weight is 342 g/mol. The summed E-state index contributed by atoms with van der Waals surface area (Å²) < 4.78 is 26.3. The van der Waals surface area contributed by atoms with Gasteiger partial charge in [0.05, 0.1) is 12.1 Å². The zero-order valence-corrected chi connectivity index (χ0v) is 13.8. The molecule has 110 valence electrons. The Balaban J connectivity index is 2.35. The van der Waals surface area contributed by atoms with Crippen LogP contribution < -0.4 is 0 Å². The molecular formula is C13H12ClN3O2S2. The summed E-state index contributed by atoms with van der Waals surface area (Å²) >= 11 is 7.19. The second-order valence-electron chi connectivity index (χ2n) is 4.40. The Bertz CT molecular complexity index is 809. The predicted molar refractivity (Wildman–Crippen MR) is 81.7 cm³/mol. The lowest BCUT2D eigenvalue weighted by Gasteiger charge is -2.16. The standard InChI is InChI=1S/C13H12ClN3O2S2/c1-9-8-20-13(16-9)7-17(2)21(18,19)12-4-3-11(14)5-10(12)6-15/h3-5,8H,7H2,1-2H3. The molecule has 0 bridgehead atoms. The zero-order chi connectivity index (χ0) is 15.6. The molecule has 0 saturated carbocycles. The van der Waals surface area contributed by atoms with Crippen LogP contribution in [0.1, 0.15) is 16.3 Å². The average Bonchev–Trinajstić information content (AvgIpc) is 2.83. The Labute approximate surface area is 132 Å². The van der Waals surface area contributed by atoms with Crippen LogP contribution in [0.2, 0.25) is 5.02 Å². The molecular weight excluding hydrogens is 330 g/mol. The third-order valence-electron chi connectivity index (χ3n) is 2.77. The second kappa shape index (κ2) is 6.12. The number of rotatable bonds is 4. The van der Waals surface area contributed by atoms with Crippen molar-refractivity contribution in [2.45, 2.75) is 18.4 Å². The van der Waals surface area contributed by atoms with E-state index < -0.39 is 10.0 Å². The lowest BCUT2D eigenvalue weighted by atomic mass is 10.2. The molecule has 0 N–H and O–H groups in total. The van der Waals surface area contributed by atoms with Crippen molar-refractivity contribution in [2.24, 2.45) is 0 Å². The number of nitriles is 1. The van der Waals surface area contributed by atoms with Gasteiger partial charge in [0.15, 0.2) is 0 Å². The van der Waals surface area contributed by atoms with Gasteiger partial charge in [-0.15, -0.1) is 11.3 Å². The van der Waals surface area contributed by atoms with Gasteiger partial charge in [-0.25, -0.2) is 13.4 Å². The predicted octanol–water partition coefficient (Wildman–Crippen LogP) is 2.80. The van der Waals surface area contributed by atoms with Crippen LogP contribution in [0.4, 0.5) is 0 Å². The topological polar surface area (TPSA) is 74.1 Å². The molecule has 21 heavy (non-hydrogen) atoms. The molecule has 0 atom stereocenters. The summed E-state index contributed by atoms with van der Waals surface area (Å²) in [6, 6.07) is 6.01. The van der Waals surface area contributed by atoms with Crippen LogP contribution in [0.3, 0.4) is 0 Å². The lowest BCUT2D eigenvalue weighted by Crippen LogP contribution is -2.27. The Hall–Kier alpha value is -1.46. The number of nitrogens with zero attached hydrogens (tertiary/aromatic N) is 3. The molecule has 1 aromatic carbocycles. The molecule has 0 amide bonds. The SMILES string of the molecule is Cc1csc(CN(C)S(=O)(=O)c2ccc(Cl)cc2C#N)n1. The molecule has 0 unspecified atom stereocenters. The van der Waals surface area contributed by atoms with E-state index in [-0.39, 0.29) is 17.0 Å². The third-order valence-corrected chi connectivity index (χ3v) is 5.82. The summed E-state index contributed by atoms with van der Waals surface area (Å²) in [6.07, 6.45) is 0. The molecule has 8 heteroatoms. The van der Waals surface area contributed by atoms with Crippen LogP contribution in [0.15, 0.2) is 28.5 Å². The van der Waals surface area contributed by atoms with Crippen LogP contribution in [0.5, 0.6) is 0 Å². The summed E-state index contributed by atoms with van der Waals surface area (Å²) in [5.74, 6) is 0. The summed E-state index contributed by atoms with van der Waals surface area (Å²) in [5, 5.41) is 12.0. The maximum absolute atomic E-state index is 12.5. The van der Waals surface area contributed by atoms with E-state index in [1.165, 1.54) is 40.9 Å². The van der Waals surface area contributed by atoms with Gasteiger partial charge in [0.1, 0.15) is 16.0 Å². The highest BCUT2D eigenvalue weighted by molar-refractivity contribution is 7.89. The van der Waals surface area contributed by atoms with Crippen molar-refractivity contribution in [3.05, 3.63) is 44.9 Å². The number of aryl methyl sites for hydroxylation is 1. The lowest BCUT2D eigenvalue weighted by molar-refractivity contribution is 0.465. The van der Waals surface area contributed by atoms with E-state index in [1.54, 1.807) is 0 Å². The van der Waals surface area contributed by atoms with E-state index in [9.17, 15) is 8.42 Å². The van der Waals surface area contributed by atoms with Gasteiger partial charge >= 0.3 is 0 Å². The van der Waals surface area contributed by atoms with E-state index in [0.717, 1.165) is 5.69 Å². The van der Waals surface area contributed by atoms with E-state index in [2.05, 4.69) is 4.98 Å². The molecule has 0 saturated heterocycles. The Kier molecular flexibility index (Phi) is 4.64. The Morgan fingerprint density at radius 1 is 1.48 bits per heavy atom. The van der Waals surface area contributed by atoms with Crippen molar-refractivity contribution in [3.8, 4) is 6.07 Å². The largest absolute Gasteiger partial charge is 0.245 e. The number of hydrogen-bond acceptors (Lipinski definition) is 5. The van der Waals surface area contributed by atoms with Gasteiger partial charge in [0.2, 0.25) is 10.0 Å². The minimum Gasteiger partial charge on any atom is -0.245 e. The fraction of sp³-hybridized carbons (Fsp3) is 0.231. The van der Waals surface area contributed by atoms with Crippen molar-refractivity contribution in [1.29, 1.82) is 5.26 Å². The molecule has 0 aliphatic rings. The number of hydrogen-bond donors (Lipinski definition) is 0. The Morgan fingerprint density at radius 3 is 2.76 bits per heavy atom. The van der Waals surface area contributed by atoms with Gasteiger partial charge in [-0.1, -0.05) is 11.6 Å². The van der Waals surface area contributed by atoms with E-state index in [0.29, 0.717) is 10.0 Å². The number of sulfonamides is 1. The zero-order valence-electron chi connectivity index (χ0n) is 11.4. The minimum absolute atomic E-state index is 0.0321. The van der Waals surface area contributed by atoms with Gasteiger partial charge in [0, 0.05) is 23.1 Å². The molecule has 0 aliphatic heterocycles. The van der Waals surface area contributed by atoms with Crippen LogP contribution in [-0.4, -0.2) is 24.8 Å². The first kappa shape index (κ1) is 15.9. The minimum atomic E-state index is -3.77. The Morgan fingerprint density at radius 2 is 2.19 bits per heavy atom. The fourth-order valence-corrected chi connectivity index (χ4v) is 4.06. The first-order chi connectivity index (χ1) is 9.84. The van der Waals surface area contributed by atoms with Crippen molar-refractivity contribution in [2.75, 3.05) is 7.05 Å². The molecule has 2 aromatic rings. The number of benzene rings is 1. The first-order valence-electron chi connectivity index (χ1n) is 5.91. The number of halogens is 1. The second-order valence-corrected chi connectivity index (χ2v) is 7.79. The third kappa shape index (κ3) is 3.41. The molecule has 1 heterocycles. The maximum Gasteiger partial charge on any atom is 0.244 e. The summed E-state index contributed by atoms with van der Waals surface area (Å²) in [5.41, 5.74) is 0.884. The van der Waals surface area contributed by atoms with Crippen molar-refractivity contribution < 1.29 is 8.42 Å². The van der Waals surface area contributed by atoms with Crippen molar-refractivity contribution >= 4 is 33.0 Å². The van der Waals surface area contributed by atoms with Crippen LogP contribution in [0.25, 0.3) is 0 Å². The highest BCUT2D eigenvalue weighted by atomic mass is 35.5. The van der Waals surface area contributed by atoms with Gasteiger partial charge in [-0.3, -0.25) is 0 Å². The first-order valence-corrected chi connectivity index (χ1v) is 8.61. The van der Waals surface area contributed by atoms with Crippen LogP contribution in [-0.2, 0) is 16.6 Å². The van der Waals surface area contributed by atoms with Gasteiger partial charge in [-0.2, -0.15) is 9.57 Å². The summed E-state index contributed by atoms with van der Waals surface area (Å²) in [6.45, 7) is 2.01. The van der Waals surface area contributed by atoms with Crippen molar-refractivity contribution in [3.63, 3.8) is 0 Å². The fourth-order valence-electron chi connectivity index (χ4n) is 1.73. The molecule has 1 aromatic heterocycles. The molecule has 0 fully saturated rings. The molecule has 0 aliphatic carbocycles. The number of aromatic nitrogens is 1. The maximum atomic E-state index is 12.5. The summed E-state index contributed by atoms with van der Waals surface area (Å²) in [7, 11) is -2.31. The molecule has 5 nitrogen and oxygen atoms in total. The highest BCUT2D eigenvalue weighted by Crippen LogP contribution is 2.24. The quantitative estimate of drug-likeness (QED) is 0.857. The smallest absolute Gasteiger partial charge is 0.244 e. The molecule has 2 rings (SSSR count). The van der Waals surface area contributed by atoms with E-state index >= 15 is 0 Å². The van der Waals surface area contributed by atoms with Gasteiger partial charge in [-0.05, 0) is 25.1 Å². The molecule has 0 spiro atoms. The van der Waals surface area contributed by atoms with Gasteiger partial charge in [0.25, 0.3) is 0 Å². The highest BCUT2D eigenvalue weighted by Gasteiger charge is 2.25. The van der Waals surface area contributed by atoms with Crippen LogP contribution in [0, 0.1) is 18.3 Å². The van der Waals surface area contributed by atoms with Gasteiger partial charge < -0.3 is 0 Å². The van der Waals surface area contributed by atoms with Crippen LogP contribution >= 0.6 is 22.9 Å². The van der Waals surface area contributed by atoms with E-state index in [1.807, 2.05) is 18.4 Å². The number of thiazole rings is 1. The summed E-state index contributed by atoms with van der Waals surface area (Å²) in [4.78, 5) is 4.19. The normalized spacial score (nSPS) is 11.6. The van der Waals surface area contributed by atoms with E-state index in [4.69, 9.17) is 16.9 Å². The monoisotopic (exact) mass is 341 g/mol. The van der Waals surface area contributed by atoms with Crippen molar-refractivity contribution in [1.82, 2.24) is 9.29 Å². The molecule has 0 radical (unpaired) electrons.